The van der Waals surface area contributed by atoms with Gasteiger partial charge < -0.3 is 10.4 Å². The van der Waals surface area contributed by atoms with Crippen LogP contribution in [0.3, 0.4) is 0 Å². The van der Waals surface area contributed by atoms with E-state index in [4.69, 9.17) is 0 Å². The Morgan fingerprint density at radius 2 is 2.05 bits per heavy atom. The average Bonchev–Trinajstić information content (AvgIpc) is 2.98. The number of carbonyl (C=O) groups is 1. The summed E-state index contributed by atoms with van der Waals surface area (Å²) in [6.07, 6.45) is 1.68. The first kappa shape index (κ1) is 12.6. The largest absolute Gasteiger partial charge is 0.479 e. The van der Waals surface area contributed by atoms with Gasteiger partial charge in [-0.25, -0.2) is 4.79 Å². The molecule has 0 spiro atoms. The summed E-state index contributed by atoms with van der Waals surface area (Å²) < 4.78 is 0. The lowest BCUT2D eigenvalue weighted by atomic mass is 10.1. The Hall–Kier alpha value is -2.40. The number of nitrogens with one attached hydrogen (secondary N) is 1. The summed E-state index contributed by atoms with van der Waals surface area (Å²) in [5.41, 5.74) is 1.62. The third-order valence-corrected chi connectivity index (χ3v) is 3.96. The Bertz CT molecular complexity index is 735. The van der Waals surface area contributed by atoms with Crippen LogP contribution in [0.4, 0.5) is 5.69 Å². The number of nitrogens with zero attached hydrogens (tertiary/aromatic N) is 1. The van der Waals surface area contributed by atoms with Crippen LogP contribution in [-0.4, -0.2) is 16.1 Å². The summed E-state index contributed by atoms with van der Waals surface area (Å²) in [7, 11) is 0. The molecule has 0 aliphatic heterocycles. The van der Waals surface area contributed by atoms with E-state index >= 15 is 0 Å². The minimum absolute atomic E-state index is 0.749. The van der Waals surface area contributed by atoms with Crippen LogP contribution in [-0.2, 0) is 4.79 Å². The van der Waals surface area contributed by atoms with Crippen molar-refractivity contribution in [2.45, 2.75) is 6.04 Å². The molecule has 0 saturated carbocycles. The molecule has 1 atom stereocenters. The van der Waals surface area contributed by atoms with Crippen LogP contribution < -0.4 is 5.32 Å². The number of hydrogen-bond acceptors (Lipinski definition) is 4. The molecule has 2 N–H and O–H groups in total. The molecule has 2 heterocycles. The molecule has 0 aliphatic rings. The molecule has 0 fully saturated rings. The first-order chi connectivity index (χ1) is 9.75. The van der Waals surface area contributed by atoms with E-state index < -0.39 is 12.0 Å². The zero-order chi connectivity index (χ0) is 13.9. The Morgan fingerprint density at radius 1 is 1.20 bits per heavy atom. The molecule has 2 aromatic heterocycles. The summed E-state index contributed by atoms with van der Waals surface area (Å²) in [5.74, 6) is -0.895. The summed E-state index contributed by atoms with van der Waals surface area (Å²) in [6.45, 7) is 0. The van der Waals surface area contributed by atoms with Crippen LogP contribution in [0.15, 0.2) is 54.0 Å². The molecule has 0 saturated heterocycles. The van der Waals surface area contributed by atoms with Gasteiger partial charge in [-0.2, -0.15) is 0 Å². The van der Waals surface area contributed by atoms with Crippen molar-refractivity contribution in [3.8, 4) is 0 Å². The van der Waals surface area contributed by atoms with Gasteiger partial charge in [0, 0.05) is 22.1 Å². The summed E-state index contributed by atoms with van der Waals surface area (Å²) in [5, 5.41) is 15.3. The van der Waals surface area contributed by atoms with E-state index in [0.29, 0.717) is 0 Å². The number of hydrogen-bond donors (Lipinski definition) is 2. The van der Waals surface area contributed by atoms with E-state index in [1.807, 2.05) is 41.8 Å². The van der Waals surface area contributed by atoms with Crippen LogP contribution in [0.1, 0.15) is 10.9 Å². The van der Waals surface area contributed by atoms with Gasteiger partial charge in [0.15, 0.2) is 6.04 Å². The first-order valence-corrected chi connectivity index (χ1v) is 7.00. The highest BCUT2D eigenvalue weighted by Crippen LogP contribution is 2.28. The van der Waals surface area contributed by atoms with Gasteiger partial charge in [-0.3, -0.25) is 4.98 Å². The maximum Gasteiger partial charge on any atom is 0.331 e. The van der Waals surface area contributed by atoms with Crippen molar-refractivity contribution >= 4 is 33.9 Å². The Labute approximate surface area is 119 Å². The lowest BCUT2D eigenvalue weighted by Crippen LogP contribution is -2.19. The smallest absolute Gasteiger partial charge is 0.331 e. The van der Waals surface area contributed by atoms with Gasteiger partial charge in [-0.15, -0.1) is 11.3 Å². The van der Waals surface area contributed by atoms with Crippen LogP contribution in [0.25, 0.3) is 10.9 Å². The zero-order valence-corrected chi connectivity index (χ0v) is 11.3. The van der Waals surface area contributed by atoms with Crippen molar-refractivity contribution < 1.29 is 9.90 Å². The molecule has 20 heavy (non-hydrogen) atoms. The summed E-state index contributed by atoms with van der Waals surface area (Å²) >= 11 is 1.43. The van der Waals surface area contributed by atoms with Gasteiger partial charge in [-0.05, 0) is 23.6 Å². The van der Waals surface area contributed by atoms with Crippen LogP contribution >= 0.6 is 11.3 Å². The maximum absolute atomic E-state index is 11.5. The third-order valence-electron chi connectivity index (χ3n) is 3.02. The number of anilines is 1. The lowest BCUT2D eigenvalue weighted by molar-refractivity contribution is -0.138. The van der Waals surface area contributed by atoms with Gasteiger partial charge in [-0.1, -0.05) is 24.3 Å². The van der Waals surface area contributed by atoms with Gasteiger partial charge in [0.25, 0.3) is 0 Å². The number of rotatable bonds is 4. The molecule has 1 aromatic carbocycles. The van der Waals surface area contributed by atoms with Crippen molar-refractivity contribution in [1.82, 2.24) is 4.98 Å². The van der Waals surface area contributed by atoms with Crippen molar-refractivity contribution in [1.29, 1.82) is 0 Å². The molecular formula is C15H12N2O2S. The Kier molecular flexibility index (Phi) is 3.35. The quantitative estimate of drug-likeness (QED) is 0.769. The SMILES string of the molecule is O=C(O)C(Nc1ccnc2ccccc12)c1cccs1. The minimum Gasteiger partial charge on any atom is -0.479 e. The third kappa shape index (κ3) is 2.35. The highest BCUT2D eigenvalue weighted by atomic mass is 32.1. The number of benzene rings is 1. The van der Waals surface area contributed by atoms with Gasteiger partial charge in [0.1, 0.15) is 0 Å². The van der Waals surface area contributed by atoms with Crippen molar-refractivity contribution in [2.24, 2.45) is 0 Å². The predicted octanol–water partition coefficient (Wildman–Crippen LogP) is 3.53. The number of pyridine rings is 1. The molecule has 0 radical (unpaired) electrons. The molecule has 1 unspecified atom stereocenters. The van der Waals surface area contributed by atoms with E-state index in [-0.39, 0.29) is 0 Å². The molecule has 0 amide bonds. The van der Waals surface area contributed by atoms with Crippen molar-refractivity contribution in [3.63, 3.8) is 0 Å². The number of thiophene rings is 1. The standard InChI is InChI=1S/C15H12N2O2S/c18-15(19)14(13-6-3-9-20-13)17-12-7-8-16-11-5-2-1-4-10(11)12/h1-9,14H,(H,16,17)(H,18,19). The number of carboxylic acids is 1. The summed E-state index contributed by atoms with van der Waals surface area (Å²) in [4.78, 5) is 16.5. The molecule has 100 valence electrons. The zero-order valence-electron chi connectivity index (χ0n) is 10.5. The highest BCUT2D eigenvalue weighted by Gasteiger charge is 2.21. The van der Waals surface area contributed by atoms with Crippen molar-refractivity contribution in [2.75, 3.05) is 5.32 Å². The van der Waals surface area contributed by atoms with E-state index in [0.717, 1.165) is 21.5 Å². The number of aromatic nitrogens is 1. The Balaban J connectivity index is 2.01. The van der Waals surface area contributed by atoms with E-state index in [1.165, 1.54) is 11.3 Å². The minimum atomic E-state index is -0.895. The molecule has 0 aliphatic carbocycles. The van der Waals surface area contributed by atoms with E-state index in [2.05, 4.69) is 10.3 Å². The van der Waals surface area contributed by atoms with Gasteiger partial charge in [0.2, 0.25) is 0 Å². The number of carboxylic acid groups (broad SMARTS) is 1. The Morgan fingerprint density at radius 3 is 2.80 bits per heavy atom. The predicted molar refractivity (Wildman–Crippen MR) is 80.1 cm³/mol. The fraction of sp³-hybridized carbons (Fsp3) is 0.0667. The molecule has 3 aromatic rings. The first-order valence-electron chi connectivity index (χ1n) is 6.12. The maximum atomic E-state index is 11.5. The van der Waals surface area contributed by atoms with Gasteiger partial charge in [0.05, 0.1) is 5.52 Å². The molecular weight excluding hydrogens is 272 g/mol. The van der Waals surface area contributed by atoms with Crippen LogP contribution in [0.2, 0.25) is 0 Å². The fourth-order valence-corrected chi connectivity index (χ4v) is 2.85. The van der Waals surface area contributed by atoms with Crippen LogP contribution in [0.5, 0.6) is 0 Å². The normalized spacial score (nSPS) is 12.2. The second-order valence-corrected chi connectivity index (χ2v) is 5.29. The monoisotopic (exact) mass is 284 g/mol. The number of fused-ring (bicyclic) bond motifs is 1. The summed E-state index contributed by atoms with van der Waals surface area (Å²) in [6, 6.07) is 12.4. The molecule has 5 heteroatoms. The number of para-hydroxylation sites is 1. The highest BCUT2D eigenvalue weighted by molar-refractivity contribution is 7.10. The molecule has 4 nitrogen and oxygen atoms in total. The molecule has 0 bridgehead atoms. The topological polar surface area (TPSA) is 62.2 Å². The fourth-order valence-electron chi connectivity index (χ4n) is 2.09. The number of aliphatic carboxylic acids is 1. The second-order valence-electron chi connectivity index (χ2n) is 4.31. The second kappa shape index (κ2) is 5.30. The molecule has 3 rings (SSSR count). The lowest BCUT2D eigenvalue weighted by Gasteiger charge is -2.15. The van der Waals surface area contributed by atoms with Crippen molar-refractivity contribution in [3.05, 3.63) is 58.9 Å². The van der Waals surface area contributed by atoms with E-state index in [1.54, 1.807) is 12.3 Å². The van der Waals surface area contributed by atoms with E-state index in [9.17, 15) is 9.90 Å². The van der Waals surface area contributed by atoms with Crippen LogP contribution in [0, 0.1) is 0 Å². The average molecular weight is 284 g/mol. The van der Waals surface area contributed by atoms with Gasteiger partial charge >= 0.3 is 5.97 Å².